The summed E-state index contributed by atoms with van der Waals surface area (Å²) in [4.78, 5) is 8.60. The molecule has 1 aliphatic rings. The van der Waals surface area contributed by atoms with Crippen LogP contribution in [0.2, 0.25) is 0 Å². The van der Waals surface area contributed by atoms with Crippen molar-refractivity contribution < 1.29 is 9.47 Å². The summed E-state index contributed by atoms with van der Waals surface area (Å²) in [6.07, 6.45) is 1.84. The van der Waals surface area contributed by atoms with E-state index in [-0.39, 0.29) is 6.04 Å². The number of nitrogens with one attached hydrogen (secondary N) is 1. The van der Waals surface area contributed by atoms with E-state index in [9.17, 15) is 0 Å². The number of hydrogen-bond donors (Lipinski definition) is 1. The van der Waals surface area contributed by atoms with Crippen molar-refractivity contribution in [3.63, 3.8) is 0 Å². The summed E-state index contributed by atoms with van der Waals surface area (Å²) < 4.78 is 10.5. The molecule has 1 aromatic heterocycles. The van der Waals surface area contributed by atoms with Crippen molar-refractivity contribution in [3.8, 4) is 11.8 Å². The second kappa shape index (κ2) is 5.09. The van der Waals surface area contributed by atoms with Crippen LogP contribution >= 0.6 is 0 Å². The Morgan fingerprint density at radius 3 is 2.80 bits per heavy atom. The van der Waals surface area contributed by atoms with Crippen LogP contribution in [-0.2, 0) is 6.54 Å². The Balaban J connectivity index is 2.03. The molecule has 1 atom stereocenters. The monoisotopic (exact) mass is 271 g/mol. The Kier molecular flexibility index (Phi) is 3.28. The third-order valence-corrected chi connectivity index (χ3v) is 3.70. The fourth-order valence-corrected chi connectivity index (χ4v) is 2.64. The topological polar surface area (TPSA) is 56.3 Å². The lowest BCUT2D eigenvalue weighted by atomic mass is 9.97. The normalized spacial score (nSPS) is 16.9. The molecule has 2 heterocycles. The van der Waals surface area contributed by atoms with Gasteiger partial charge in [-0.1, -0.05) is 12.1 Å². The van der Waals surface area contributed by atoms with Gasteiger partial charge in [-0.15, -0.1) is 0 Å². The summed E-state index contributed by atoms with van der Waals surface area (Å²) in [5.41, 5.74) is 4.42. The van der Waals surface area contributed by atoms with Crippen molar-refractivity contribution in [1.29, 1.82) is 0 Å². The van der Waals surface area contributed by atoms with Gasteiger partial charge < -0.3 is 14.8 Å². The van der Waals surface area contributed by atoms with Gasteiger partial charge in [0.1, 0.15) is 5.75 Å². The van der Waals surface area contributed by atoms with Crippen molar-refractivity contribution in [2.75, 3.05) is 14.2 Å². The van der Waals surface area contributed by atoms with Crippen molar-refractivity contribution in [2.45, 2.75) is 19.5 Å². The third-order valence-electron chi connectivity index (χ3n) is 3.70. The molecular formula is C15H17N3O2. The van der Waals surface area contributed by atoms with Gasteiger partial charge >= 0.3 is 6.01 Å². The molecule has 0 unspecified atom stereocenters. The smallest absolute Gasteiger partial charge is 0.316 e. The maximum atomic E-state index is 5.39. The van der Waals surface area contributed by atoms with Crippen molar-refractivity contribution in [2.24, 2.45) is 0 Å². The molecule has 0 fully saturated rings. The quantitative estimate of drug-likeness (QED) is 0.925. The number of fused-ring (bicyclic) bond motifs is 1. The first-order valence-electron chi connectivity index (χ1n) is 6.51. The number of aromatic nitrogens is 2. The zero-order valence-electron chi connectivity index (χ0n) is 11.8. The number of rotatable bonds is 3. The summed E-state index contributed by atoms with van der Waals surface area (Å²) in [6.45, 7) is 2.79. The number of hydrogen-bond acceptors (Lipinski definition) is 5. The maximum absolute atomic E-state index is 5.39. The highest BCUT2D eigenvalue weighted by molar-refractivity contribution is 5.46. The summed E-state index contributed by atoms with van der Waals surface area (Å²) in [5.74, 6) is 0.896. The number of methoxy groups -OCH3 is 2. The molecule has 5 heteroatoms. The van der Waals surface area contributed by atoms with Crippen LogP contribution in [0.4, 0.5) is 0 Å². The van der Waals surface area contributed by atoms with E-state index in [2.05, 4.69) is 28.3 Å². The number of nitrogens with zero attached hydrogens (tertiary/aromatic N) is 2. The first-order chi connectivity index (χ1) is 9.74. The third kappa shape index (κ3) is 2.00. The Hall–Kier alpha value is -2.14. The molecule has 0 saturated carbocycles. The highest BCUT2D eigenvalue weighted by Crippen LogP contribution is 2.34. The van der Waals surface area contributed by atoms with Gasteiger partial charge in [0.2, 0.25) is 0 Å². The fourth-order valence-electron chi connectivity index (χ4n) is 2.64. The summed E-state index contributed by atoms with van der Waals surface area (Å²) in [7, 11) is 3.27. The second-order valence-electron chi connectivity index (χ2n) is 4.75. The summed E-state index contributed by atoms with van der Waals surface area (Å²) in [5, 5.41) is 3.47. The van der Waals surface area contributed by atoms with Crippen molar-refractivity contribution in [1.82, 2.24) is 15.3 Å². The SMILES string of the molecule is COc1ncc2c(n1)CN[C@@H]2c1cccc(OC)c1C. The van der Waals surface area contributed by atoms with Gasteiger partial charge in [0.25, 0.3) is 0 Å². The zero-order chi connectivity index (χ0) is 14.1. The molecule has 2 aromatic rings. The second-order valence-corrected chi connectivity index (χ2v) is 4.75. The highest BCUT2D eigenvalue weighted by Gasteiger charge is 2.27. The van der Waals surface area contributed by atoms with Gasteiger partial charge in [0.05, 0.1) is 26.0 Å². The lowest BCUT2D eigenvalue weighted by molar-refractivity contribution is 0.378. The van der Waals surface area contributed by atoms with Gasteiger partial charge in [-0.05, 0) is 24.1 Å². The van der Waals surface area contributed by atoms with E-state index in [4.69, 9.17) is 9.47 Å². The first kappa shape index (κ1) is 12.9. The molecular weight excluding hydrogens is 254 g/mol. The fraction of sp³-hybridized carbons (Fsp3) is 0.333. The van der Waals surface area contributed by atoms with E-state index in [1.54, 1.807) is 14.2 Å². The van der Waals surface area contributed by atoms with Crippen molar-refractivity contribution in [3.05, 3.63) is 46.8 Å². The molecule has 1 aromatic carbocycles. The summed E-state index contributed by atoms with van der Waals surface area (Å²) >= 11 is 0. The molecule has 0 bridgehead atoms. The van der Waals surface area contributed by atoms with Crippen LogP contribution < -0.4 is 14.8 Å². The van der Waals surface area contributed by atoms with E-state index >= 15 is 0 Å². The largest absolute Gasteiger partial charge is 0.496 e. The Morgan fingerprint density at radius 1 is 1.20 bits per heavy atom. The minimum absolute atomic E-state index is 0.103. The molecule has 0 spiro atoms. The van der Waals surface area contributed by atoms with E-state index in [1.165, 1.54) is 5.56 Å². The highest BCUT2D eigenvalue weighted by atomic mass is 16.5. The standard InChI is InChI=1S/C15H17N3O2/c1-9-10(5-4-6-13(9)19-2)14-11-7-17-15(20-3)18-12(11)8-16-14/h4-7,14,16H,8H2,1-3H3/t14-/m1/s1. The first-order valence-corrected chi connectivity index (χ1v) is 6.51. The Bertz CT molecular complexity index is 643. The van der Waals surface area contributed by atoms with Gasteiger partial charge in [-0.25, -0.2) is 4.98 Å². The van der Waals surface area contributed by atoms with Crippen molar-refractivity contribution >= 4 is 0 Å². The average Bonchev–Trinajstić information content (AvgIpc) is 2.90. The van der Waals surface area contributed by atoms with Gasteiger partial charge in [0, 0.05) is 18.3 Å². The van der Waals surface area contributed by atoms with Crippen LogP contribution in [0.25, 0.3) is 0 Å². The molecule has 0 aliphatic carbocycles. The lowest BCUT2D eigenvalue weighted by Gasteiger charge is -2.17. The molecule has 1 N–H and O–H groups in total. The Labute approximate surface area is 118 Å². The van der Waals surface area contributed by atoms with Crippen LogP contribution in [0.3, 0.4) is 0 Å². The predicted molar refractivity (Wildman–Crippen MR) is 75.0 cm³/mol. The molecule has 0 saturated heterocycles. The maximum Gasteiger partial charge on any atom is 0.316 e. The zero-order valence-corrected chi connectivity index (χ0v) is 11.8. The molecule has 0 radical (unpaired) electrons. The van der Waals surface area contributed by atoms with Gasteiger partial charge in [-0.2, -0.15) is 4.98 Å². The molecule has 0 amide bonds. The minimum atomic E-state index is 0.103. The molecule has 104 valence electrons. The van der Waals surface area contributed by atoms with Crippen LogP contribution in [0.5, 0.6) is 11.8 Å². The average molecular weight is 271 g/mol. The van der Waals surface area contributed by atoms with Crippen LogP contribution in [-0.4, -0.2) is 24.2 Å². The number of benzene rings is 1. The van der Waals surface area contributed by atoms with E-state index in [0.29, 0.717) is 6.01 Å². The predicted octanol–water partition coefficient (Wildman–Crippen LogP) is 1.99. The van der Waals surface area contributed by atoms with E-state index in [1.807, 2.05) is 18.3 Å². The van der Waals surface area contributed by atoms with Crippen LogP contribution in [0, 0.1) is 6.92 Å². The van der Waals surface area contributed by atoms with Gasteiger partial charge in [0.15, 0.2) is 0 Å². The molecule has 3 rings (SSSR count). The van der Waals surface area contributed by atoms with Gasteiger partial charge in [-0.3, -0.25) is 0 Å². The summed E-state index contributed by atoms with van der Waals surface area (Å²) in [6, 6.07) is 6.60. The van der Waals surface area contributed by atoms with Crippen LogP contribution in [0.1, 0.15) is 28.4 Å². The van der Waals surface area contributed by atoms with E-state index < -0.39 is 0 Å². The van der Waals surface area contributed by atoms with E-state index in [0.717, 1.165) is 29.1 Å². The molecule has 20 heavy (non-hydrogen) atoms. The van der Waals surface area contributed by atoms with Crippen LogP contribution in [0.15, 0.2) is 24.4 Å². The minimum Gasteiger partial charge on any atom is -0.496 e. The molecule has 1 aliphatic heterocycles. The number of ether oxygens (including phenoxy) is 2. The lowest BCUT2D eigenvalue weighted by Crippen LogP contribution is -2.14. The molecule has 5 nitrogen and oxygen atoms in total. The Morgan fingerprint density at radius 2 is 2.05 bits per heavy atom.